The van der Waals surface area contributed by atoms with E-state index in [4.69, 9.17) is 9.47 Å². The van der Waals surface area contributed by atoms with Gasteiger partial charge >= 0.3 is 11.9 Å². The van der Waals surface area contributed by atoms with Gasteiger partial charge in [-0.3, -0.25) is 9.59 Å². The number of rotatable bonds is 20. The van der Waals surface area contributed by atoms with E-state index in [1.165, 1.54) is 32.1 Å². The first kappa shape index (κ1) is 26.9. The normalized spacial score (nSPS) is 12.0. The predicted molar refractivity (Wildman–Crippen MR) is 116 cm³/mol. The summed E-state index contributed by atoms with van der Waals surface area (Å²) in [6.45, 7) is 6.95. The van der Waals surface area contributed by atoms with Gasteiger partial charge in [-0.25, -0.2) is 0 Å². The molecule has 0 rings (SSSR count). The maximum absolute atomic E-state index is 11.8. The SMILES string of the molecule is CCCCCCCOC(=O)CCCCCCCCC(=O)OC(C)CCCCC. The van der Waals surface area contributed by atoms with E-state index in [1.807, 2.05) is 6.92 Å². The smallest absolute Gasteiger partial charge is 0.306 e. The van der Waals surface area contributed by atoms with Crippen molar-refractivity contribution in [3.8, 4) is 0 Å². The standard InChI is InChI=1S/C24H46O4/c1-4-6-8-13-17-21-27-23(25)19-15-11-9-10-12-16-20-24(26)28-22(3)18-14-7-5-2/h22H,4-21H2,1-3H3. The molecule has 0 amide bonds. The summed E-state index contributed by atoms with van der Waals surface area (Å²) in [5, 5.41) is 0. The van der Waals surface area contributed by atoms with Crippen molar-refractivity contribution in [2.75, 3.05) is 6.61 Å². The third-order valence-electron chi connectivity index (χ3n) is 5.07. The second-order valence-electron chi connectivity index (χ2n) is 8.05. The number of unbranched alkanes of at least 4 members (excludes halogenated alkanes) is 11. The van der Waals surface area contributed by atoms with E-state index in [9.17, 15) is 9.59 Å². The molecule has 0 aliphatic carbocycles. The van der Waals surface area contributed by atoms with Gasteiger partial charge in [0.15, 0.2) is 0 Å². The fourth-order valence-electron chi connectivity index (χ4n) is 3.23. The van der Waals surface area contributed by atoms with E-state index in [0.29, 0.717) is 19.4 Å². The Morgan fingerprint density at radius 2 is 1.14 bits per heavy atom. The van der Waals surface area contributed by atoms with Crippen LogP contribution in [0.5, 0.6) is 0 Å². The first-order valence-corrected chi connectivity index (χ1v) is 11.9. The molecule has 0 aromatic carbocycles. The maximum atomic E-state index is 11.8. The molecule has 4 heteroatoms. The molecule has 0 fully saturated rings. The van der Waals surface area contributed by atoms with Gasteiger partial charge in [-0.05, 0) is 39.0 Å². The highest BCUT2D eigenvalue weighted by molar-refractivity contribution is 5.69. The van der Waals surface area contributed by atoms with Crippen LogP contribution >= 0.6 is 0 Å². The highest BCUT2D eigenvalue weighted by Crippen LogP contribution is 2.12. The lowest BCUT2D eigenvalue weighted by molar-refractivity contribution is -0.148. The Balaban J connectivity index is 3.36. The zero-order valence-corrected chi connectivity index (χ0v) is 18.9. The molecule has 28 heavy (non-hydrogen) atoms. The Bertz CT molecular complexity index is 368. The third kappa shape index (κ3) is 19.7. The summed E-state index contributed by atoms with van der Waals surface area (Å²) < 4.78 is 10.7. The summed E-state index contributed by atoms with van der Waals surface area (Å²) in [6.07, 6.45) is 17.7. The minimum Gasteiger partial charge on any atom is -0.466 e. The van der Waals surface area contributed by atoms with Crippen LogP contribution in [-0.4, -0.2) is 24.6 Å². The zero-order valence-electron chi connectivity index (χ0n) is 18.9. The van der Waals surface area contributed by atoms with Crippen molar-refractivity contribution in [1.82, 2.24) is 0 Å². The van der Waals surface area contributed by atoms with Crippen LogP contribution in [-0.2, 0) is 19.1 Å². The number of carbonyl (C=O) groups excluding carboxylic acids is 2. The number of hydrogen-bond acceptors (Lipinski definition) is 4. The second-order valence-corrected chi connectivity index (χ2v) is 8.05. The average molecular weight is 399 g/mol. The monoisotopic (exact) mass is 398 g/mol. The summed E-state index contributed by atoms with van der Waals surface area (Å²) in [5.41, 5.74) is 0. The van der Waals surface area contributed by atoms with Crippen molar-refractivity contribution >= 4 is 11.9 Å². The van der Waals surface area contributed by atoms with E-state index in [0.717, 1.165) is 64.2 Å². The van der Waals surface area contributed by atoms with Crippen molar-refractivity contribution < 1.29 is 19.1 Å². The number of esters is 2. The van der Waals surface area contributed by atoms with Crippen molar-refractivity contribution in [2.24, 2.45) is 0 Å². The molecular formula is C24H46O4. The molecule has 0 heterocycles. The minimum atomic E-state index is -0.0542. The van der Waals surface area contributed by atoms with Crippen LogP contribution in [0.3, 0.4) is 0 Å². The summed E-state index contributed by atoms with van der Waals surface area (Å²) >= 11 is 0. The van der Waals surface area contributed by atoms with Crippen molar-refractivity contribution in [2.45, 2.75) is 136 Å². The Morgan fingerprint density at radius 1 is 0.643 bits per heavy atom. The molecule has 0 bridgehead atoms. The summed E-state index contributed by atoms with van der Waals surface area (Å²) in [7, 11) is 0. The number of carbonyl (C=O) groups is 2. The molecule has 0 radical (unpaired) electrons. The van der Waals surface area contributed by atoms with Gasteiger partial charge in [0.1, 0.15) is 0 Å². The molecule has 1 unspecified atom stereocenters. The molecule has 0 spiro atoms. The molecule has 0 aliphatic rings. The molecule has 0 aromatic rings. The first-order chi connectivity index (χ1) is 13.6. The molecule has 166 valence electrons. The lowest BCUT2D eigenvalue weighted by atomic mass is 10.1. The van der Waals surface area contributed by atoms with Gasteiger partial charge in [0.2, 0.25) is 0 Å². The van der Waals surface area contributed by atoms with Crippen molar-refractivity contribution in [3.05, 3.63) is 0 Å². The quantitative estimate of drug-likeness (QED) is 0.162. The number of hydrogen-bond donors (Lipinski definition) is 0. The molecule has 0 N–H and O–H groups in total. The molecule has 4 nitrogen and oxygen atoms in total. The van der Waals surface area contributed by atoms with Crippen LogP contribution in [0.1, 0.15) is 130 Å². The van der Waals surface area contributed by atoms with Gasteiger partial charge in [-0.2, -0.15) is 0 Å². The van der Waals surface area contributed by atoms with Gasteiger partial charge in [-0.15, -0.1) is 0 Å². The lowest BCUT2D eigenvalue weighted by Crippen LogP contribution is -2.14. The fraction of sp³-hybridized carbons (Fsp3) is 0.917. The molecule has 0 aromatic heterocycles. The van der Waals surface area contributed by atoms with Gasteiger partial charge in [-0.1, -0.05) is 78.1 Å². The molecular weight excluding hydrogens is 352 g/mol. The van der Waals surface area contributed by atoms with Crippen LogP contribution in [0.2, 0.25) is 0 Å². The van der Waals surface area contributed by atoms with Crippen LogP contribution in [0.25, 0.3) is 0 Å². The van der Waals surface area contributed by atoms with Crippen LogP contribution in [0.15, 0.2) is 0 Å². The molecule has 0 aliphatic heterocycles. The summed E-state index contributed by atoms with van der Waals surface area (Å²) in [6, 6.07) is 0. The third-order valence-corrected chi connectivity index (χ3v) is 5.07. The lowest BCUT2D eigenvalue weighted by Gasteiger charge is -2.12. The maximum Gasteiger partial charge on any atom is 0.306 e. The van der Waals surface area contributed by atoms with Gasteiger partial charge in [0.25, 0.3) is 0 Å². The largest absolute Gasteiger partial charge is 0.466 e. The van der Waals surface area contributed by atoms with E-state index >= 15 is 0 Å². The topological polar surface area (TPSA) is 52.6 Å². The Hall–Kier alpha value is -1.06. The van der Waals surface area contributed by atoms with E-state index in [-0.39, 0.29) is 18.0 Å². The average Bonchev–Trinajstić information content (AvgIpc) is 2.66. The van der Waals surface area contributed by atoms with Crippen LogP contribution < -0.4 is 0 Å². The minimum absolute atomic E-state index is 0.0497. The predicted octanol–water partition coefficient (Wildman–Crippen LogP) is 7.13. The van der Waals surface area contributed by atoms with Gasteiger partial charge in [0.05, 0.1) is 12.7 Å². The van der Waals surface area contributed by atoms with Crippen molar-refractivity contribution in [1.29, 1.82) is 0 Å². The molecule has 0 saturated heterocycles. The summed E-state index contributed by atoms with van der Waals surface area (Å²) in [4.78, 5) is 23.4. The fourth-order valence-corrected chi connectivity index (χ4v) is 3.23. The van der Waals surface area contributed by atoms with Gasteiger partial charge < -0.3 is 9.47 Å². The molecule has 1 atom stereocenters. The Labute approximate surface area is 174 Å². The van der Waals surface area contributed by atoms with Crippen LogP contribution in [0, 0.1) is 0 Å². The van der Waals surface area contributed by atoms with E-state index in [1.54, 1.807) is 0 Å². The Morgan fingerprint density at radius 3 is 1.79 bits per heavy atom. The molecule has 0 saturated carbocycles. The first-order valence-electron chi connectivity index (χ1n) is 11.9. The number of ether oxygens (including phenoxy) is 2. The van der Waals surface area contributed by atoms with E-state index in [2.05, 4.69) is 13.8 Å². The highest BCUT2D eigenvalue weighted by atomic mass is 16.5. The highest BCUT2D eigenvalue weighted by Gasteiger charge is 2.09. The van der Waals surface area contributed by atoms with Crippen LogP contribution in [0.4, 0.5) is 0 Å². The Kier molecular flexibility index (Phi) is 19.9. The second kappa shape index (κ2) is 20.7. The van der Waals surface area contributed by atoms with E-state index < -0.39 is 0 Å². The zero-order chi connectivity index (χ0) is 20.9. The summed E-state index contributed by atoms with van der Waals surface area (Å²) in [5.74, 6) is -0.104. The van der Waals surface area contributed by atoms with Crippen molar-refractivity contribution in [3.63, 3.8) is 0 Å². The van der Waals surface area contributed by atoms with Gasteiger partial charge in [0, 0.05) is 12.8 Å².